The van der Waals surface area contributed by atoms with Crippen LogP contribution in [0.3, 0.4) is 0 Å². The minimum atomic E-state index is -0.444. The van der Waals surface area contributed by atoms with Gasteiger partial charge in [0.15, 0.2) is 5.76 Å². The second-order valence-corrected chi connectivity index (χ2v) is 10.4. The quantitative estimate of drug-likeness (QED) is 0.761. The highest BCUT2D eigenvalue weighted by molar-refractivity contribution is 6.00. The second-order valence-electron chi connectivity index (χ2n) is 10.4. The zero-order valence-corrected chi connectivity index (χ0v) is 17.9. The molecular weight excluding hydrogens is 388 g/mol. The van der Waals surface area contributed by atoms with Gasteiger partial charge in [0.05, 0.1) is 6.26 Å². The van der Waals surface area contributed by atoms with E-state index < -0.39 is 6.04 Å². The summed E-state index contributed by atoms with van der Waals surface area (Å²) in [4.78, 5) is 27.3. The summed E-state index contributed by atoms with van der Waals surface area (Å²) in [5.41, 5.74) is 2.64. The van der Waals surface area contributed by atoms with Crippen molar-refractivity contribution in [2.24, 2.45) is 17.8 Å². The molecule has 5 aliphatic rings. The molecule has 2 heterocycles. The summed E-state index contributed by atoms with van der Waals surface area (Å²) >= 11 is 0. The van der Waals surface area contributed by atoms with Crippen molar-refractivity contribution in [3.8, 4) is 0 Å². The number of amides is 2. The third kappa shape index (κ3) is 3.29. The highest BCUT2D eigenvalue weighted by Crippen LogP contribution is 2.60. The first-order valence-electron chi connectivity index (χ1n) is 11.9. The van der Waals surface area contributed by atoms with Crippen LogP contribution >= 0.6 is 0 Å². The Labute approximate surface area is 183 Å². The van der Waals surface area contributed by atoms with Crippen molar-refractivity contribution in [3.05, 3.63) is 54.0 Å². The summed E-state index contributed by atoms with van der Waals surface area (Å²) < 4.78 is 5.24. The largest absolute Gasteiger partial charge is 0.459 e. The molecule has 1 N–H and O–H groups in total. The Hall–Kier alpha value is -2.56. The number of carbonyl (C=O) groups is 2. The van der Waals surface area contributed by atoms with Crippen molar-refractivity contribution in [2.45, 2.75) is 62.8 Å². The molecule has 1 unspecified atom stereocenters. The van der Waals surface area contributed by atoms with Crippen molar-refractivity contribution >= 4 is 17.5 Å². The number of benzene rings is 1. The van der Waals surface area contributed by atoms with Crippen molar-refractivity contribution in [1.82, 2.24) is 4.90 Å². The fraction of sp³-hybridized carbons (Fsp3) is 0.538. The first-order chi connectivity index (χ1) is 15.1. The van der Waals surface area contributed by atoms with Gasteiger partial charge in [-0.2, -0.15) is 0 Å². The van der Waals surface area contributed by atoms with Gasteiger partial charge in [-0.05, 0) is 104 Å². The Morgan fingerprint density at radius 3 is 2.26 bits per heavy atom. The molecule has 0 spiro atoms. The van der Waals surface area contributed by atoms with Gasteiger partial charge in [0.2, 0.25) is 5.91 Å². The molecule has 5 fully saturated rings. The Balaban J connectivity index is 1.15. The predicted molar refractivity (Wildman–Crippen MR) is 118 cm³/mol. The molecule has 2 amide bonds. The maximum absolute atomic E-state index is 13.0. The zero-order chi connectivity index (χ0) is 21.0. The van der Waals surface area contributed by atoms with E-state index in [2.05, 4.69) is 29.6 Å². The summed E-state index contributed by atoms with van der Waals surface area (Å²) in [6, 6.07) is 11.5. The summed E-state index contributed by atoms with van der Waals surface area (Å²) in [7, 11) is 0. The van der Waals surface area contributed by atoms with Crippen LogP contribution in [0.2, 0.25) is 0 Å². The molecular formula is C26H30N2O3. The lowest BCUT2D eigenvalue weighted by atomic mass is 9.48. The van der Waals surface area contributed by atoms with Crippen molar-refractivity contribution in [2.75, 3.05) is 11.9 Å². The molecule has 2 aromatic rings. The van der Waals surface area contributed by atoms with Gasteiger partial charge >= 0.3 is 0 Å². The minimum absolute atomic E-state index is 0.111. The molecule has 31 heavy (non-hydrogen) atoms. The SMILES string of the molecule is O=C(Nc1ccc(C23CC4CC(CC(C4)C2)C3)cc1)C1CCCN1C(=O)c1ccco1. The van der Waals surface area contributed by atoms with Gasteiger partial charge in [0.25, 0.3) is 5.91 Å². The van der Waals surface area contributed by atoms with Crippen LogP contribution in [-0.2, 0) is 10.2 Å². The summed E-state index contributed by atoms with van der Waals surface area (Å²) in [6.07, 6.45) is 11.4. The number of rotatable bonds is 4. The van der Waals surface area contributed by atoms with Crippen LogP contribution in [-0.4, -0.2) is 29.3 Å². The minimum Gasteiger partial charge on any atom is -0.459 e. The third-order valence-electron chi connectivity index (χ3n) is 8.35. The van der Waals surface area contributed by atoms with Gasteiger partial charge in [-0.3, -0.25) is 9.59 Å². The van der Waals surface area contributed by atoms with Crippen molar-refractivity contribution < 1.29 is 14.0 Å². The predicted octanol–water partition coefficient (Wildman–Crippen LogP) is 4.99. The number of hydrogen-bond donors (Lipinski definition) is 1. The van der Waals surface area contributed by atoms with Crippen LogP contribution in [0.5, 0.6) is 0 Å². The summed E-state index contributed by atoms with van der Waals surface area (Å²) in [6.45, 7) is 0.586. The van der Waals surface area contributed by atoms with Crippen LogP contribution in [0, 0.1) is 17.8 Å². The van der Waals surface area contributed by atoms with Crippen LogP contribution in [0.15, 0.2) is 47.1 Å². The molecule has 1 aliphatic heterocycles. The van der Waals surface area contributed by atoms with Gasteiger partial charge in [-0.15, -0.1) is 0 Å². The normalized spacial score (nSPS) is 33.6. The number of carbonyl (C=O) groups excluding carboxylic acids is 2. The number of hydrogen-bond acceptors (Lipinski definition) is 3. The molecule has 5 heteroatoms. The molecule has 1 atom stereocenters. The van der Waals surface area contributed by atoms with E-state index in [0.29, 0.717) is 24.1 Å². The first-order valence-corrected chi connectivity index (χ1v) is 11.9. The molecule has 162 valence electrons. The highest BCUT2D eigenvalue weighted by Gasteiger charge is 2.51. The van der Waals surface area contributed by atoms with Crippen molar-refractivity contribution in [3.63, 3.8) is 0 Å². The lowest BCUT2D eigenvalue weighted by molar-refractivity contribution is -0.119. The molecule has 4 saturated carbocycles. The van der Waals surface area contributed by atoms with Crippen LogP contribution < -0.4 is 5.32 Å². The molecule has 0 radical (unpaired) electrons. The standard InChI is InChI=1S/C26H30N2O3/c29-24(22-3-1-9-28(22)25(30)23-4-2-10-31-23)27-21-7-5-20(6-8-21)26-14-17-11-18(15-26)13-19(12-17)16-26/h2,4-8,10,17-19,22H,1,3,9,11-16H2,(H,27,29). The van der Waals surface area contributed by atoms with E-state index in [4.69, 9.17) is 4.42 Å². The fourth-order valence-corrected chi connectivity index (χ4v) is 7.42. The van der Waals surface area contributed by atoms with Gasteiger partial charge in [-0.1, -0.05) is 12.1 Å². The van der Waals surface area contributed by atoms with E-state index in [1.54, 1.807) is 17.0 Å². The van der Waals surface area contributed by atoms with Crippen LogP contribution in [0.25, 0.3) is 0 Å². The van der Waals surface area contributed by atoms with E-state index in [0.717, 1.165) is 29.9 Å². The molecule has 4 bridgehead atoms. The average molecular weight is 419 g/mol. The van der Waals surface area contributed by atoms with Gasteiger partial charge in [0, 0.05) is 12.2 Å². The monoisotopic (exact) mass is 418 g/mol. The maximum Gasteiger partial charge on any atom is 0.290 e. The fourth-order valence-electron chi connectivity index (χ4n) is 7.42. The second kappa shape index (κ2) is 7.25. The Bertz CT molecular complexity index is 943. The third-order valence-corrected chi connectivity index (χ3v) is 8.35. The highest BCUT2D eigenvalue weighted by atomic mass is 16.3. The number of nitrogens with zero attached hydrogens (tertiary/aromatic N) is 1. The van der Waals surface area contributed by atoms with Crippen LogP contribution in [0.1, 0.15) is 67.5 Å². The average Bonchev–Trinajstić information content (AvgIpc) is 3.45. The van der Waals surface area contributed by atoms with Gasteiger partial charge < -0.3 is 14.6 Å². The maximum atomic E-state index is 13.0. The van der Waals surface area contributed by atoms with E-state index in [1.165, 1.54) is 50.4 Å². The van der Waals surface area contributed by atoms with E-state index in [-0.39, 0.29) is 11.8 Å². The molecule has 4 aliphatic carbocycles. The summed E-state index contributed by atoms with van der Waals surface area (Å²) in [5, 5.41) is 3.05. The number of anilines is 1. The molecule has 5 nitrogen and oxygen atoms in total. The number of likely N-dealkylation sites (tertiary alicyclic amines) is 1. The molecule has 1 saturated heterocycles. The van der Waals surface area contributed by atoms with E-state index in [1.807, 2.05) is 0 Å². The zero-order valence-electron chi connectivity index (χ0n) is 17.9. The molecule has 7 rings (SSSR count). The Kier molecular flexibility index (Phi) is 4.48. The molecule has 1 aromatic carbocycles. The van der Waals surface area contributed by atoms with Crippen LogP contribution in [0.4, 0.5) is 5.69 Å². The number of furan rings is 1. The Morgan fingerprint density at radius 1 is 0.968 bits per heavy atom. The first kappa shape index (κ1) is 19.1. The smallest absolute Gasteiger partial charge is 0.290 e. The van der Waals surface area contributed by atoms with Gasteiger partial charge in [-0.25, -0.2) is 0 Å². The van der Waals surface area contributed by atoms with E-state index in [9.17, 15) is 9.59 Å². The Morgan fingerprint density at radius 2 is 1.65 bits per heavy atom. The lowest BCUT2D eigenvalue weighted by Crippen LogP contribution is -2.48. The van der Waals surface area contributed by atoms with Gasteiger partial charge in [0.1, 0.15) is 6.04 Å². The lowest BCUT2D eigenvalue weighted by Gasteiger charge is -2.57. The van der Waals surface area contributed by atoms with E-state index >= 15 is 0 Å². The number of nitrogens with one attached hydrogen (secondary N) is 1. The molecule has 1 aromatic heterocycles. The topological polar surface area (TPSA) is 62.6 Å². The summed E-state index contributed by atoms with van der Waals surface area (Å²) in [5.74, 6) is 2.74. The van der Waals surface area contributed by atoms with Crippen molar-refractivity contribution in [1.29, 1.82) is 0 Å².